The van der Waals surface area contributed by atoms with Crippen molar-refractivity contribution >= 4 is 0 Å². The number of hydrogen-bond donors (Lipinski definition) is 0. The highest BCUT2D eigenvalue weighted by atomic mass is 19.1. The van der Waals surface area contributed by atoms with Crippen LogP contribution in [0.1, 0.15) is 35.9 Å². The molecule has 1 fully saturated rings. The summed E-state index contributed by atoms with van der Waals surface area (Å²) < 4.78 is 19.7. The topological polar surface area (TPSA) is 42.2 Å². The zero-order valence-corrected chi connectivity index (χ0v) is 17.9. The van der Waals surface area contributed by atoms with E-state index in [4.69, 9.17) is 4.42 Å². The number of halogens is 1. The Kier molecular flexibility index (Phi) is 6.08. The molecule has 0 unspecified atom stereocenters. The first-order chi connectivity index (χ1) is 15.8. The van der Waals surface area contributed by atoms with Gasteiger partial charge in [0.2, 0.25) is 11.8 Å². The number of aromatic nitrogens is 2. The van der Waals surface area contributed by atoms with E-state index in [1.807, 2.05) is 42.5 Å². The van der Waals surface area contributed by atoms with E-state index >= 15 is 0 Å². The highest BCUT2D eigenvalue weighted by molar-refractivity contribution is 5.51. The zero-order chi connectivity index (χ0) is 21.8. The molecule has 0 N–H and O–H groups in total. The van der Waals surface area contributed by atoms with Crippen molar-refractivity contribution < 1.29 is 8.81 Å². The molecule has 2 heterocycles. The van der Waals surface area contributed by atoms with Crippen LogP contribution in [0.5, 0.6) is 0 Å². The molecule has 1 aliphatic rings. The van der Waals surface area contributed by atoms with Gasteiger partial charge in [0, 0.05) is 5.56 Å². The van der Waals surface area contributed by atoms with Gasteiger partial charge in [-0.15, -0.1) is 10.2 Å². The van der Waals surface area contributed by atoms with Crippen LogP contribution in [-0.4, -0.2) is 28.2 Å². The van der Waals surface area contributed by atoms with E-state index in [-0.39, 0.29) is 11.9 Å². The summed E-state index contributed by atoms with van der Waals surface area (Å²) in [5.74, 6) is 1.47. The van der Waals surface area contributed by atoms with E-state index in [1.165, 1.54) is 17.7 Å². The Morgan fingerprint density at radius 1 is 0.844 bits per heavy atom. The number of hydrogen-bond acceptors (Lipinski definition) is 4. The molecular formula is C27H26FN3O. The van der Waals surface area contributed by atoms with Gasteiger partial charge >= 0.3 is 0 Å². The van der Waals surface area contributed by atoms with Gasteiger partial charge in [-0.3, -0.25) is 4.90 Å². The van der Waals surface area contributed by atoms with E-state index in [1.54, 1.807) is 0 Å². The second kappa shape index (κ2) is 9.45. The second-order valence-electron chi connectivity index (χ2n) is 8.43. The molecule has 1 aromatic heterocycles. The molecule has 0 spiro atoms. The van der Waals surface area contributed by atoms with Crippen LogP contribution >= 0.6 is 0 Å². The van der Waals surface area contributed by atoms with Gasteiger partial charge in [-0.05, 0) is 73.7 Å². The van der Waals surface area contributed by atoms with Crippen LogP contribution in [0.2, 0.25) is 0 Å². The first-order valence-electron chi connectivity index (χ1n) is 11.2. The maximum atomic E-state index is 13.6. The van der Waals surface area contributed by atoms with E-state index in [9.17, 15) is 4.39 Å². The van der Waals surface area contributed by atoms with Crippen LogP contribution in [0.15, 0.2) is 89.3 Å². The van der Waals surface area contributed by atoms with E-state index in [0.717, 1.165) is 43.5 Å². The fourth-order valence-electron chi connectivity index (χ4n) is 4.56. The molecular weight excluding hydrogens is 401 g/mol. The minimum absolute atomic E-state index is 0.182. The fraction of sp³-hybridized carbons (Fsp3) is 0.259. The van der Waals surface area contributed by atoms with Gasteiger partial charge in [-0.25, -0.2) is 4.39 Å². The van der Waals surface area contributed by atoms with Gasteiger partial charge in [0.15, 0.2) is 0 Å². The van der Waals surface area contributed by atoms with Crippen LogP contribution in [0, 0.1) is 11.7 Å². The molecule has 1 aliphatic heterocycles. The van der Waals surface area contributed by atoms with Gasteiger partial charge in [0.25, 0.3) is 0 Å². The molecule has 0 radical (unpaired) electrons. The van der Waals surface area contributed by atoms with Crippen LogP contribution in [0.4, 0.5) is 4.39 Å². The van der Waals surface area contributed by atoms with Crippen molar-refractivity contribution in [2.24, 2.45) is 5.92 Å². The van der Waals surface area contributed by atoms with Gasteiger partial charge < -0.3 is 4.42 Å². The monoisotopic (exact) mass is 427 g/mol. The number of nitrogens with zero attached hydrogens (tertiary/aromatic N) is 3. The Labute approximate surface area is 187 Å². The first-order valence-corrected chi connectivity index (χ1v) is 11.2. The Morgan fingerprint density at radius 2 is 1.50 bits per heavy atom. The highest BCUT2D eigenvalue weighted by Gasteiger charge is 2.31. The summed E-state index contributed by atoms with van der Waals surface area (Å²) in [6.45, 7) is 1.87. The quantitative estimate of drug-likeness (QED) is 0.383. The molecule has 1 saturated heterocycles. The number of rotatable bonds is 6. The third-order valence-electron chi connectivity index (χ3n) is 6.26. The minimum Gasteiger partial charge on any atom is -0.419 e. The Balaban J connectivity index is 1.37. The number of likely N-dealkylation sites (tertiary alicyclic amines) is 1. The van der Waals surface area contributed by atoms with Crippen molar-refractivity contribution in [3.63, 3.8) is 0 Å². The number of piperidine rings is 1. The smallest absolute Gasteiger partial charge is 0.247 e. The Hall–Kier alpha value is -3.31. The van der Waals surface area contributed by atoms with E-state index in [0.29, 0.717) is 17.7 Å². The van der Waals surface area contributed by atoms with Crippen molar-refractivity contribution in [2.75, 3.05) is 13.1 Å². The normalized spacial score (nSPS) is 16.2. The van der Waals surface area contributed by atoms with Gasteiger partial charge in [0.1, 0.15) is 11.9 Å². The lowest BCUT2D eigenvalue weighted by atomic mass is 9.89. The van der Waals surface area contributed by atoms with Gasteiger partial charge in [0.05, 0.1) is 0 Å². The van der Waals surface area contributed by atoms with Crippen LogP contribution < -0.4 is 0 Å². The standard InChI is InChI=1S/C27H26FN3O/c28-24-13-11-22(12-14-24)25(27-30-29-26(32-27)23-9-5-2-6-10-23)31-17-15-21(16-18-31)19-20-7-3-1-4-8-20/h1-14,21,25H,15-19H2/t25-/m0/s1. The van der Waals surface area contributed by atoms with Crippen LogP contribution in [0.25, 0.3) is 11.5 Å². The predicted octanol–water partition coefficient (Wildman–Crippen LogP) is 5.92. The molecule has 5 rings (SSSR count). The SMILES string of the molecule is Fc1ccc([C@@H](c2nnc(-c3ccccc3)o2)N2CCC(Cc3ccccc3)CC2)cc1. The zero-order valence-electron chi connectivity index (χ0n) is 17.9. The molecule has 5 heteroatoms. The lowest BCUT2D eigenvalue weighted by molar-refractivity contribution is 0.135. The van der Waals surface area contributed by atoms with Crippen LogP contribution in [-0.2, 0) is 6.42 Å². The third-order valence-corrected chi connectivity index (χ3v) is 6.26. The highest BCUT2D eigenvalue weighted by Crippen LogP contribution is 2.34. The van der Waals surface area contributed by atoms with E-state index < -0.39 is 0 Å². The summed E-state index contributed by atoms with van der Waals surface area (Å²) in [7, 11) is 0. The summed E-state index contributed by atoms with van der Waals surface area (Å²) in [5.41, 5.74) is 3.26. The van der Waals surface area contributed by atoms with Gasteiger partial charge in [-0.1, -0.05) is 60.7 Å². The maximum Gasteiger partial charge on any atom is 0.247 e. The summed E-state index contributed by atoms with van der Waals surface area (Å²) in [4.78, 5) is 2.39. The third kappa shape index (κ3) is 4.63. The molecule has 0 bridgehead atoms. The van der Waals surface area contributed by atoms with Crippen molar-refractivity contribution in [3.05, 3.63) is 108 Å². The van der Waals surface area contributed by atoms with Crippen molar-refractivity contribution in [2.45, 2.75) is 25.3 Å². The molecule has 0 amide bonds. The second-order valence-corrected chi connectivity index (χ2v) is 8.43. The summed E-state index contributed by atoms with van der Waals surface area (Å²) in [5, 5.41) is 8.70. The first kappa shape index (κ1) is 20.6. The Morgan fingerprint density at radius 3 is 2.19 bits per heavy atom. The van der Waals surface area contributed by atoms with Crippen molar-refractivity contribution in [3.8, 4) is 11.5 Å². The summed E-state index contributed by atoms with van der Waals surface area (Å²) in [6.07, 6.45) is 3.31. The molecule has 0 aliphatic carbocycles. The molecule has 1 atom stereocenters. The van der Waals surface area contributed by atoms with Gasteiger partial charge in [-0.2, -0.15) is 0 Å². The molecule has 3 aromatic carbocycles. The summed E-state index contributed by atoms with van der Waals surface area (Å²) in [6, 6.07) is 26.9. The van der Waals surface area contributed by atoms with Crippen LogP contribution in [0.3, 0.4) is 0 Å². The maximum absolute atomic E-state index is 13.6. The average molecular weight is 428 g/mol. The lowest BCUT2D eigenvalue weighted by Crippen LogP contribution is -2.38. The van der Waals surface area contributed by atoms with E-state index in [2.05, 4.69) is 45.4 Å². The summed E-state index contributed by atoms with van der Waals surface area (Å²) >= 11 is 0. The van der Waals surface area contributed by atoms with Crippen molar-refractivity contribution in [1.82, 2.24) is 15.1 Å². The fourth-order valence-corrected chi connectivity index (χ4v) is 4.56. The largest absolute Gasteiger partial charge is 0.419 e. The Bertz CT molecular complexity index is 1120. The number of benzene rings is 3. The lowest BCUT2D eigenvalue weighted by Gasteiger charge is -2.36. The molecule has 0 saturated carbocycles. The molecule has 4 nitrogen and oxygen atoms in total. The molecule has 162 valence electrons. The minimum atomic E-state index is -0.246. The average Bonchev–Trinajstić information content (AvgIpc) is 3.33. The van der Waals surface area contributed by atoms with Crippen molar-refractivity contribution in [1.29, 1.82) is 0 Å². The molecule has 4 aromatic rings. The molecule has 32 heavy (non-hydrogen) atoms. The predicted molar refractivity (Wildman–Crippen MR) is 122 cm³/mol.